The number of nitrogens with one attached hydrogen (secondary N) is 1. The minimum Gasteiger partial charge on any atom is -0.465 e. The van der Waals surface area contributed by atoms with Crippen LogP contribution in [0.25, 0.3) is 0 Å². The van der Waals surface area contributed by atoms with Gasteiger partial charge in [-0.3, -0.25) is 14.9 Å². The van der Waals surface area contributed by atoms with Gasteiger partial charge in [-0.25, -0.2) is 4.79 Å². The van der Waals surface area contributed by atoms with Gasteiger partial charge in [-0.1, -0.05) is 42.4 Å². The first-order chi connectivity index (χ1) is 14.1. The van der Waals surface area contributed by atoms with E-state index in [1.807, 2.05) is 4.90 Å². The molecular formula is C19H28N4O4S2. The van der Waals surface area contributed by atoms with Crippen LogP contribution in [0.4, 0.5) is 9.93 Å². The molecule has 0 aromatic carbocycles. The number of carbonyl (C=O) groups is 3. The molecule has 0 saturated heterocycles. The van der Waals surface area contributed by atoms with Gasteiger partial charge in [0.05, 0.1) is 12.4 Å². The highest BCUT2D eigenvalue weighted by molar-refractivity contribution is 8.01. The number of Topliss-reactive ketones (excluding diaryl/α,β-unsaturated/α-hetero) is 1. The molecule has 2 amide bonds. The third kappa shape index (κ3) is 6.40. The number of rotatable bonds is 7. The van der Waals surface area contributed by atoms with E-state index < -0.39 is 0 Å². The molecule has 0 aliphatic heterocycles. The molecule has 2 saturated carbocycles. The molecule has 2 aliphatic carbocycles. The number of aromatic nitrogens is 2. The van der Waals surface area contributed by atoms with Crippen molar-refractivity contribution in [3.05, 3.63) is 0 Å². The summed E-state index contributed by atoms with van der Waals surface area (Å²) in [6, 6.07) is 0.156. The maximum Gasteiger partial charge on any atom is 0.324 e. The number of ketones is 1. The highest BCUT2D eigenvalue weighted by Gasteiger charge is 2.34. The molecule has 0 spiro atoms. The Morgan fingerprint density at radius 3 is 2.52 bits per heavy atom. The van der Waals surface area contributed by atoms with Gasteiger partial charge < -0.3 is 9.64 Å². The van der Waals surface area contributed by atoms with Crippen LogP contribution in [0.2, 0.25) is 0 Å². The Kier molecular flexibility index (Phi) is 8.29. The smallest absolute Gasteiger partial charge is 0.324 e. The van der Waals surface area contributed by atoms with Crippen LogP contribution in [0.1, 0.15) is 64.7 Å². The van der Waals surface area contributed by atoms with Crippen LogP contribution in [0.3, 0.4) is 0 Å². The third-order valence-electron chi connectivity index (χ3n) is 5.35. The summed E-state index contributed by atoms with van der Waals surface area (Å²) >= 11 is 2.50. The number of hydrogen-bond acceptors (Lipinski definition) is 8. The lowest BCUT2D eigenvalue weighted by atomic mass is 9.88. The van der Waals surface area contributed by atoms with E-state index in [4.69, 9.17) is 4.74 Å². The fourth-order valence-electron chi connectivity index (χ4n) is 3.99. The van der Waals surface area contributed by atoms with Gasteiger partial charge in [0.15, 0.2) is 4.34 Å². The molecule has 3 rings (SSSR count). The monoisotopic (exact) mass is 440 g/mol. The molecule has 2 aliphatic rings. The first kappa shape index (κ1) is 22.0. The van der Waals surface area contributed by atoms with E-state index in [0.717, 1.165) is 38.5 Å². The van der Waals surface area contributed by atoms with Gasteiger partial charge in [0.2, 0.25) is 5.13 Å². The SMILES string of the molecule is CCOC(=O)CSc1nnc(NC(=O)N(C2CCCCC2)C2CCC(=O)CC2)s1. The van der Waals surface area contributed by atoms with Crippen molar-refractivity contribution < 1.29 is 19.1 Å². The van der Waals surface area contributed by atoms with Crippen LogP contribution >= 0.6 is 23.1 Å². The van der Waals surface area contributed by atoms with Crippen LogP contribution in [-0.2, 0) is 14.3 Å². The number of thioether (sulfide) groups is 1. The van der Waals surface area contributed by atoms with Crippen LogP contribution in [-0.4, -0.2) is 57.3 Å². The summed E-state index contributed by atoms with van der Waals surface area (Å²) < 4.78 is 5.52. The molecule has 160 valence electrons. The minimum absolute atomic E-state index is 0.0985. The van der Waals surface area contributed by atoms with Crippen molar-refractivity contribution in [1.29, 1.82) is 0 Å². The molecule has 0 unspecified atom stereocenters. The van der Waals surface area contributed by atoms with Gasteiger partial charge in [-0.15, -0.1) is 10.2 Å². The molecule has 8 nitrogen and oxygen atoms in total. The number of anilines is 1. The lowest BCUT2D eigenvalue weighted by Gasteiger charge is -2.41. The highest BCUT2D eigenvalue weighted by Crippen LogP contribution is 2.31. The molecule has 0 atom stereocenters. The molecular weight excluding hydrogens is 412 g/mol. The van der Waals surface area contributed by atoms with Gasteiger partial charge in [0.25, 0.3) is 0 Å². The zero-order valence-corrected chi connectivity index (χ0v) is 18.4. The quantitative estimate of drug-likeness (QED) is 0.390. The standard InChI is InChI=1S/C19H28N4O4S2/c1-2-27-16(25)12-28-19-22-21-17(29-19)20-18(26)23(13-6-4-3-5-7-13)14-8-10-15(24)11-9-14/h13-14H,2-12H2,1H3,(H,20,21,26). The summed E-state index contributed by atoms with van der Waals surface area (Å²) in [5, 5.41) is 11.4. The summed E-state index contributed by atoms with van der Waals surface area (Å²) in [5.41, 5.74) is 0. The topological polar surface area (TPSA) is 101 Å². The third-order valence-corrected chi connectivity index (χ3v) is 7.29. The second kappa shape index (κ2) is 10.9. The van der Waals surface area contributed by atoms with Crippen LogP contribution in [0.15, 0.2) is 4.34 Å². The summed E-state index contributed by atoms with van der Waals surface area (Å²) in [6.45, 7) is 2.11. The Morgan fingerprint density at radius 2 is 1.83 bits per heavy atom. The highest BCUT2D eigenvalue weighted by atomic mass is 32.2. The van der Waals surface area contributed by atoms with Gasteiger partial charge in [0, 0.05) is 24.9 Å². The fourth-order valence-corrected chi connectivity index (χ4v) is 5.53. The molecule has 1 aromatic heterocycles. The van der Waals surface area contributed by atoms with Crippen molar-refractivity contribution in [2.24, 2.45) is 0 Å². The molecule has 2 fully saturated rings. The van der Waals surface area contributed by atoms with Gasteiger partial charge >= 0.3 is 12.0 Å². The second-order valence-corrected chi connectivity index (χ2v) is 9.57. The predicted octanol–water partition coefficient (Wildman–Crippen LogP) is 3.87. The van der Waals surface area contributed by atoms with Gasteiger partial charge in [-0.2, -0.15) is 0 Å². The van der Waals surface area contributed by atoms with E-state index in [-0.39, 0.29) is 35.6 Å². The molecule has 1 N–H and O–H groups in total. The van der Waals surface area contributed by atoms with Crippen molar-refractivity contribution in [2.75, 3.05) is 17.7 Å². The Balaban J connectivity index is 1.62. The summed E-state index contributed by atoms with van der Waals surface area (Å²) in [6.07, 6.45) is 8.07. The van der Waals surface area contributed by atoms with E-state index in [2.05, 4.69) is 15.5 Å². The number of amides is 2. The number of ether oxygens (including phenoxy) is 1. The summed E-state index contributed by atoms with van der Waals surface area (Å²) in [7, 11) is 0. The normalized spacial score (nSPS) is 18.4. The van der Waals surface area contributed by atoms with Crippen LogP contribution in [0.5, 0.6) is 0 Å². The molecule has 0 radical (unpaired) electrons. The van der Waals surface area contributed by atoms with Gasteiger partial charge in [0.1, 0.15) is 5.78 Å². The van der Waals surface area contributed by atoms with E-state index in [0.29, 0.717) is 28.9 Å². The molecule has 29 heavy (non-hydrogen) atoms. The van der Waals surface area contributed by atoms with Crippen molar-refractivity contribution in [3.63, 3.8) is 0 Å². The van der Waals surface area contributed by atoms with Crippen LogP contribution in [0, 0.1) is 0 Å². The average Bonchev–Trinajstić information content (AvgIpc) is 3.16. The van der Waals surface area contributed by atoms with Crippen molar-refractivity contribution in [3.8, 4) is 0 Å². The molecule has 10 heteroatoms. The molecule has 0 bridgehead atoms. The fraction of sp³-hybridized carbons (Fsp3) is 0.737. The lowest BCUT2D eigenvalue weighted by molar-refractivity contribution is -0.139. The Labute approximate surface area is 179 Å². The Bertz CT molecular complexity index is 711. The zero-order chi connectivity index (χ0) is 20.6. The second-order valence-electron chi connectivity index (χ2n) is 7.37. The molecule has 1 aromatic rings. The molecule has 1 heterocycles. The number of esters is 1. The van der Waals surface area contributed by atoms with Crippen LogP contribution < -0.4 is 5.32 Å². The minimum atomic E-state index is -0.298. The maximum absolute atomic E-state index is 13.1. The average molecular weight is 441 g/mol. The summed E-state index contributed by atoms with van der Waals surface area (Å²) in [4.78, 5) is 38.2. The van der Waals surface area contributed by atoms with E-state index in [1.54, 1.807) is 6.92 Å². The van der Waals surface area contributed by atoms with Gasteiger partial charge in [-0.05, 0) is 32.6 Å². The largest absolute Gasteiger partial charge is 0.465 e. The first-order valence-corrected chi connectivity index (χ1v) is 12.1. The maximum atomic E-state index is 13.1. The van der Waals surface area contributed by atoms with Crippen molar-refractivity contribution in [1.82, 2.24) is 15.1 Å². The van der Waals surface area contributed by atoms with E-state index in [1.165, 1.54) is 29.5 Å². The summed E-state index contributed by atoms with van der Waals surface area (Å²) in [5.74, 6) is 0.159. The van der Waals surface area contributed by atoms with Crippen molar-refractivity contribution in [2.45, 2.75) is 81.1 Å². The number of nitrogens with zero attached hydrogens (tertiary/aromatic N) is 3. The first-order valence-electron chi connectivity index (χ1n) is 10.3. The zero-order valence-electron chi connectivity index (χ0n) is 16.7. The predicted molar refractivity (Wildman–Crippen MR) is 112 cm³/mol. The van der Waals surface area contributed by atoms with E-state index >= 15 is 0 Å². The number of urea groups is 1. The number of hydrogen-bond donors (Lipinski definition) is 1. The van der Waals surface area contributed by atoms with Crippen molar-refractivity contribution >= 4 is 46.0 Å². The Morgan fingerprint density at radius 1 is 1.14 bits per heavy atom. The number of carbonyl (C=O) groups excluding carboxylic acids is 3. The van der Waals surface area contributed by atoms with E-state index in [9.17, 15) is 14.4 Å². The Hall–Kier alpha value is -1.68. The lowest BCUT2D eigenvalue weighted by Crippen LogP contribution is -2.51.